The van der Waals surface area contributed by atoms with Crippen LogP contribution in [0, 0.1) is 23.2 Å². The lowest BCUT2D eigenvalue weighted by Gasteiger charge is -1.94. The molecule has 2 aromatic carbocycles. The van der Waals surface area contributed by atoms with Crippen LogP contribution in [0.15, 0.2) is 66.7 Å². The second-order valence-electron chi connectivity index (χ2n) is 3.67. The van der Waals surface area contributed by atoms with E-state index in [9.17, 15) is 0 Å². The van der Waals surface area contributed by atoms with Crippen LogP contribution in [0.5, 0.6) is 0 Å². The Labute approximate surface area is 107 Å². The fourth-order valence-electron chi connectivity index (χ4n) is 1.51. The van der Waals surface area contributed by atoms with E-state index in [1.165, 1.54) is 0 Å². The SMILES string of the molecule is N#C/C(=C\C#Cc1ccccc1)c1ccccc1. The molecule has 0 saturated heterocycles. The Bertz CT molecular complexity index is 635. The average molecular weight is 229 g/mol. The summed E-state index contributed by atoms with van der Waals surface area (Å²) in [6.07, 6.45) is 1.66. The third kappa shape index (κ3) is 3.11. The summed E-state index contributed by atoms with van der Waals surface area (Å²) in [7, 11) is 0. The van der Waals surface area contributed by atoms with Gasteiger partial charge in [0.15, 0.2) is 0 Å². The molecule has 2 aromatic rings. The van der Waals surface area contributed by atoms with E-state index in [0.29, 0.717) is 5.57 Å². The smallest absolute Gasteiger partial charge is 0.100 e. The van der Waals surface area contributed by atoms with Crippen molar-refractivity contribution in [3.63, 3.8) is 0 Å². The quantitative estimate of drug-likeness (QED) is 0.541. The molecular formula is C17H11N. The Morgan fingerprint density at radius 1 is 0.889 bits per heavy atom. The normalized spacial score (nSPS) is 10.1. The molecule has 0 aromatic heterocycles. The van der Waals surface area contributed by atoms with Gasteiger partial charge in [0.25, 0.3) is 0 Å². The van der Waals surface area contributed by atoms with Crippen LogP contribution in [-0.4, -0.2) is 0 Å². The number of nitrogens with zero attached hydrogens (tertiary/aromatic N) is 1. The zero-order valence-corrected chi connectivity index (χ0v) is 9.80. The van der Waals surface area contributed by atoms with Crippen molar-refractivity contribution in [2.45, 2.75) is 0 Å². The van der Waals surface area contributed by atoms with Gasteiger partial charge in [-0.15, -0.1) is 0 Å². The maximum absolute atomic E-state index is 9.09. The largest absolute Gasteiger partial charge is 0.192 e. The minimum Gasteiger partial charge on any atom is -0.192 e. The van der Waals surface area contributed by atoms with Crippen molar-refractivity contribution >= 4 is 5.57 Å². The second-order valence-corrected chi connectivity index (χ2v) is 3.67. The first kappa shape index (κ1) is 11.7. The lowest BCUT2D eigenvalue weighted by atomic mass is 10.1. The van der Waals surface area contributed by atoms with Gasteiger partial charge < -0.3 is 0 Å². The van der Waals surface area contributed by atoms with Crippen molar-refractivity contribution in [2.24, 2.45) is 0 Å². The summed E-state index contributed by atoms with van der Waals surface area (Å²) in [5.41, 5.74) is 2.42. The van der Waals surface area contributed by atoms with Crippen molar-refractivity contribution < 1.29 is 0 Å². The molecule has 0 saturated carbocycles. The van der Waals surface area contributed by atoms with Crippen molar-refractivity contribution in [3.05, 3.63) is 77.9 Å². The maximum Gasteiger partial charge on any atom is 0.100 e. The van der Waals surface area contributed by atoms with Gasteiger partial charge in [-0.25, -0.2) is 0 Å². The number of rotatable bonds is 1. The van der Waals surface area contributed by atoms with Gasteiger partial charge in [-0.1, -0.05) is 60.4 Å². The molecule has 0 spiro atoms. The first-order valence-electron chi connectivity index (χ1n) is 5.62. The fraction of sp³-hybridized carbons (Fsp3) is 0. The van der Waals surface area contributed by atoms with Gasteiger partial charge >= 0.3 is 0 Å². The number of nitriles is 1. The maximum atomic E-state index is 9.09. The predicted octanol–water partition coefficient (Wildman–Crippen LogP) is 3.65. The minimum atomic E-state index is 0.582. The molecule has 0 bridgehead atoms. The average Bonchev–Trinajstić information content (AvgIpc) is 2.46. The van der Waals surface area contributed by atoms with Crippen molar-refractivity contribution in [1.82, 2.24) is 0 Å². The van der Waals surface area contributed by atoms with Gasteiger partial charge in [0.2, 0.25) is 0 Å². The van der Waals surface area contributed by atoms with E-state index in [1.54, 1.807) is 6.08 Å². The molecule has 18 heavy (non-hydrogen) atoms. The lowest BCUT2D eigenvalue weighted by molar-refractivity contribution is 1.52. The summed E-state index contributed by atoms with van der Waals surface area (Å²) >= 11 is 0. The molecule has 0 aliphatic carbocycles. The Morgan fingerprint density at radius 2 is 1.50 bits per heavy atom. The van der Waals surface area contributed by atoms with Crippen LogP contribution in [-0.2, 0) is 0 Å². The van der Waals surface area contributed by atoms with Crippen LogP contribution in [0.25, 0.3) is 5.57 Å². The molecule has 84 valence electrons. The second kappa shape index (κ2) is 6.09. The molecule has 0 N–H and O–H groups in total. The van der Waals surface area contributed by atoms with Crippen LogP contribution >= 0.6 is 0 Å². The summed E-state index contributed by atoms with van der Waals surface area (Å²) in [5.74, 6) is 5.92. The fourth-order valence-corrected chi connectivity index (χ4v) is 1.51. The topological polar surface area (TPSA) is 23.8 Å². The first-order valence-corrected chi connectivity index (χ1v) is 5.62. The lowest BCUT2D eigenvalue weighted by Crippen LogP contribution is -1.79. The van der Waals surface area contributed by atoms with E-state index in [0.717, 1.165) is 11.1 Å². The van der Waals surface area contributed by atoms with E-state index in [4.69, 9.17) is 5.26 Å². The molecule has 0 amide bonds. The molecule has 2 rings (SSSR count). The molecule has 0 aliphatic rings. The van der Waals surface area contributed by atoms with Gasteiger partial charge in [-0.3, -0.25) is 0 Å². The number of benzene rings is 2. The molecule has 1 nitrogen and oxygen atoms in total. The van der Waals surface area contributed by atoms with Crippen molar-refractivity contribution in [1.29, 1.82) is 5.26 Å². The van der Waals surface area contributed by atoms with Crippen LogP contribution in [0.2, 0.25) is 0 Å². The Kier molecular flexibility index (Phi) is 3.96. The van der Waals surface area contributed by atoms with Crippen molar-refractivity contribution in [2.75, 3.05) is 0 Å². The van der Waals surface area contributed by atoms with E-state index in [-0.39, 0.29) is 0 Å². The van der Waals surface area contributed by atoms with Crippen LogP contribution in [0.1, 0.15) is 11.1 Å². The summed E-state index contributed by atoms with van der Waals surface area (Å²) in [4.78, 5) is 0. The van der Waals surface area contributed by atoms with E-state index >= 15 is 0 Å². The van der Waals surface area contributed by atoms with Crippen LogP contribution in [0.3, 0.4) is 0 Å². The third-order valence-corrected chi connectivity index (χ3v) is 2.41. The molecular weight excluding hydrogens is 218 g/mol. The zero-order valence-electron chi connectivity index (χ0n) is 9.80. The molecule has 1 heteroatoms. The van der Waals surface area contributed by atoms with Crippen LogP contribution in [0.4, 0.5) is 0 Å². The van der Waals surface area contributed by atoms with Gasteiger partial charge in [-0.05, 0) is 17.7 Å². The highest BCUT2D eigenvalue weighted by molar-refractivity contribution is 5.78. The highest BCUT2D eigenvalue weighted by Crippen LogP contribution is 2.11. The standard InChI is InChI=1S/C17H11N/c18-14-17(16-11-5-2-6-12-16)13-7-10-15-8-3-1-4-9-15/h1-6,8-9,11-13H/b17-13+. The highest BCUT2D eigenvalue weighted by Gasteiger charge is 1.96. The molecule has 0 aliphatic heterocycles. The highest BCUT2D eigenvalue weighted by atomic mass is 14.2. The monoisotopic (exact) mass is 229 g/mol. The molecule has 0 atom stereocenters. The molecule has 0 unspecified atom stereocenters. The zero-order chi connectivity index (χ0) is 12.6. The van der Waals surface area contributed by atoms with Gasteiger partial charge in [0.05, 0.1) is 5.57 Å². The summed E-state index contributed by atoms with van der Waals surface area (Å²) in [6.45, 7) is 0. The summed E-state index contributed by atoms with van der Waals surface area (Å²) in [5, 5.41) is 9.09. The molecule has 0 radical (unpaired) electrons. The summed E-state index contributed by atoms with van der Waals surface area (Å²) in [6, 6.07) is 21.4. The van der Waals surface area contributed by atoms with Gasteiger partial charge in [-0.2, -0.15) is 5.26 Å². The Balaban J connectivity index is 2.24. The number of hydrogen-bond acceptors (Lipinski definition) is 1. The van der Waals surface area contributed by atoms with Gasteiger partial charge in [0, 0.05) is 11.6 Å². The van der Waals surface area contributed by atoms with Crippen molar-refractivity contribution in [3.8, 4) is 17.9 Å². The minimum absolute atomic E-state index is 0.582. The Morgan fingerprint density at radius 3 is 2.11 bits per heavy atom. The third-order valence-electron chi connectivity index (χ3n) is 2.41. The number of hydrogen-bond donors (Lipinski definition) is 0. The van der Waals surface area contributed by atoms with E-state index in [1.807, 2.05) is 60.7 Å². The van der Waals surface area contributed by atoms with Crippen LogP contribution < -0.4 is 0 Å². The van der Waals surface area contributed by atoms with E-state index in [2.05, 4.69) is 17.9 Å². The van der Waals surface area contributed by atoms with E-state index < -0.39 is 0 Å². The predicted molar refractivity (Wildman–Crippen MR) is 73.4 cm³/mol. The number of allylic oxidation sites excluding steroid dienone is 2. The first-order chi connectivity index (χ1) is 8.90. The van der Waals surface area contributed by atoms with Gasteiger partial charge in [0.1, 0.15) is 6.07 Å². The Hall–Kier alpha value is -2.77. The molecule has 0 heterocycles. The molecule has 0 fully saturated rings. The summed E-state index contributed by atoms with van der Waals surface area (Å²) < 4.78 is 0.